The third-order valence-corrected chi connectivity index (χ3v) is 2.09. The Morgan fingerprint density at radius 3 is 2.75 bits per heavy atom. The molecule has 1 aromatic rings. The maximum Gasteiger partial charge on any atom is 0.289 e. The first kappa shape index (κ1) is 8.93. The van der Waals surface area contributed by atoms with Gasteiger partial charge in [-0.05, 0) is 12.1 Å². The van der Waals surface area contributed by atoms with Crippen LogP contribution in [0, 0.1) is 5.82 Å². The lowest BCUT2D eigenvalue weighted by atomic mass is 10.4. The van der Waals surface area contributed by atoms with Crippen molar-refractivity contribution in [2.75, 3.05) is 0 Å². The number of hydrogen-bond donors (Lipinski definition) is 0. The second-order valence-corrected chi connectivity index (χ2v) is 2.98. The molecular formula is C7H4FNO2S. The van der Waals surface area contributed by atoms with Crippen molar-refractivity contribution in [3.8, 4) is 0 Å². The fraction of sp³-hybridized carbons (Fsp3) is 0. The van der Waals surface area contributed by atoms with E-state index in [9.17, 15) is 13.7 Å². The highest BCUT2D eigenvalue weighted by Gasteiger charge is 2.15. The maximum absolute atomic E-state index is 12.8. The van der Waals surface area contributed by atoms with Crippen LogP contribution in [0.5, 0.6) is 0 Å². The van der Waals surface area contributed by atoms with Crippen molar-refractivity contribution in [1.82, 2.24) is 0 Å². The number of benzene rings is 1. The summed E-state index contributed by atoms with van der Waals surface area (Å²) in [5.74, 6) is -0.644. The Balaban J connectivity index is 3.02. The smallest absolute Gasteiger partial charge is 0.289 e. The molecule has 62 valence electrons. The second kappa shape index (κ2) is 4.01. The third kappa shape index (κ3) is 1.92. The van der Waals surface area contributed by atoms with Crippen LogP contribution in [0.4, 0.5) is 4.39 Å². The SMILES string of the molecule is O=C=N[S+]([O-])c1ccccc1F. The van der Waals surface area contributed by atoms with Crippen LogP contribution in [-0.2, 0) is 16.2 Å². The Morgan fingerprint density at radius 2 is 2.17 bits per heavy atom. The molecule has 0 aliphatic heterocycles. The van der Waals surface area contributed by atoms with Crippen LogP contribution >= 0.6 is 0 Å². The Hall–Kier alpha value is -1.16. The lowest BCUT2D eigenvalue weighted by Crippen LogP contribution is -1.99. The fourth-order valence-electron chi connectivity index (χ4n) is 0.669. The average molecular weight is 185 g/mol. The molecular weight excluding hydrogens is 181 g/mol. The van der Waals surface area contributed by atoms with Crippen LogP contribution in [0.1, 0.15) is 0 Å². The number of rotatable bonds is 2. The summed E-state index contributed by atoms with van der Waals surface area (Å²) in [7, 11) is 0. The van der Waals surface area contributed by atoms with E-state index in [0.717, 1.165) is 12.1 Å². The molecule has 1 unspecified atom stereocenters. The molecule has 0 aliphatic rings. The molecule has 1 atom stereocenters. The summed E-state index contributed by atoms with van der Waals surface area (Å²) in [6, 6.07) is 5.41. The monoisotopic (exact) mass is 185 g/mol. The molecule has 0 N–H and O–H groups in total. The Bertz CT molecular complexity index is 325. The molecule has 0 heterocycles. The van der Waals surface area contributed by atoms with Crippen LogP contribution in [-0.4, -0.2) is 10.6 Å². The number of isocyanates is 1. The highest BCUT2D eigenvalue weighted by atomic mass is 32.2. The quantitative estimate of drug-likeness (QED) is 0.394. The molecule has 0 fully saturated rings. The zero-order valence-corrected chi connectivity index (χ0v) is 6.68. The van der Waals surface area contributed by atoms with E-state index in [0.29, 0.717) is 0 Å². The van der Waals surface area contributed by atoms with E-state index in [1.54, 1.807) is 0 Å². The minimum Gasteiger partial charge on any atom is -0.585 e. The van der Waals surface area contributed by atoms with Crippen molar-refractivity contribution in [3.05, 3.63) is 30.1 Å². The van der Waals surface area contributed by atoms with Crippen molar-refractivity contribution in [1.29, 1.82) is 0 Å². The largest absolute Gasteiger partial charge is 0.585 e. The van der Waals surface area contributed by atoms with E-state index < -0.39 is 17.2 Å². The van der Waals surface area contributed by atoms with Crippen molar-refractivity contribution < 1.29 is 13.7 Å². The molecule has 0 aliphatic carbocycles. The third-order valence-electron chi connectivity index (χ3n) is 1.14. The molecule has 12 heavy (non-hydrogen) atoms. The van der Waals surface area contributed by atoms with Crippen molar-refractivity contribution >= 4 is 17.4 Å². The average Bonchev–Trinajstić information content (AvgIpc) is 2.05. The fourth-order valence-corrected chi connectivity index (χ4v) is 1.27. The highest BCUT2D eigenvalue weighted by Crippen LogP contribution is 2.14. The molecule has 0 radical (unpaired) electrons. The van der Waals surface area contributed by atoms with E-state index in [4.69, 9.17) is 0 Å². The van der Waals surface area contributed by atoms with Gasteiger partial charge in [0.25, 0.3) is 6.08 Å². The lowest BCUT2D eigenvalue weighted by molar-refractivity contribution is 0.558. The highest BCUT2D eigenvalue weighted by molar-refractivity contribution is 7.90. The van der Waals surface area contributed by atoms with Gasteiger partial charge in [0.15, 0.2) is 17.2 Å². The minimum absolute atomic E-state index is 0.110. The first-order chi connectivity index (χ1) is 5.75. The van der Waals surface area contributed by atoms with Gasteiger partial charge in [-0.25, -0.2) is 9.18 Å². The standard InChI is InChI=1S/C7H4FNO2S/c8-6-3-1-2-4-7(6)12(11)9-5-10/h1-4H. The van der Waals surface area contributed by atoms with Crippen molar-refractivity contribution in [2.24, 2.45) is 4.40 Å². The Morgan fingerprint density at radius 1 is 1.50 bits per heavy atom. The van der Waals surface area contributed by atoms with Gasteiger partial charge in [-0.2, -0.15) is 0 Å². The van der Waals surface area contributed by atoms with E-state index >= 15 is 0 Å². The van der Waals surface area contributed by atoms with Crippen LogP contribution < -0.4 is 0 Å². The predicted octanol–water partition coefficient (Wildman–Crippen LogP) is 1.18. The molecule has 1 rings (SSSR count). The van der Waals surface area contributed by atoms with Crippen LogP contribution in [0.15, 0.2) is 33.6 Å². The van der Waals surface area contributed by atoms with Crippen LogP contribution in [0.2, 0.25) is 0 Å². The van der Waals surface area contributed by atoms with E-state index in [-0.39, 0.29) is 4.90 Å². The zero-order chi connectivity index (χ0) is 8.97. The van der Waals surface area contributed by atoms with Crippen LogP contribution in [0.25, 0.3) is 0 Å². The zero-order valence-electron chi connectivity index (χ0n) is 5.86. The molecule has 0 saturated heterocycles. The van der Waals surface area contributed by atoms with E-state index in [1.165, 1.54) is 18.2 Å². The summed E-state index contributed by atoms with van der Waals surface area (Å²) in [5, 5.41) is 0. The molecule has 0 spiro atoms. The molecule has 3 nitrogen and oxygen atoms in total. The number of halogens is 1. The van der Waals surface area contributed by atoms with Crippen molar-refractivity contribution in [3.63, 3.8) is 0 Å². The molecule has 0 aromatic heterocycles. The first-order valence-electron chi connectivity index (χ1n) is 3.00. The number of nitrogens with zero attached hydrogens (tertiary/aromatic N) is 1. The first-order valence-corrected chi connectivity index (χ1v) is 4.10. The van der Waals surface area contributed by atoms with Gasteiger partial charge in [0.1, 0.15) is 0 Å². The van der Waals surface area contributed by atoms with Crippen molar-refractivity contribution in [2.45, 2.75) is 4.90 Å². The summed E-state index contributed by atoms with van der Waals surface area (Å²) < 4.78 is 26.6. The lowest BCUT2D eigenvalue weighted by Gasteiger charge is -1.99. The van der Waals surface area contributed by atoms with E-state index in [2.05, 4.69) is 4.40 Å². The summed E-state index contributed by atoms with van der Waals surface area (Å²) in [6.07, 6.45) is 1.10. The van der Waals surface area contributed by atoms with Gasteiger partial charge in [-0.3, -0.25) is 0 Å². The molecule has 0 bridgehead atoms. The summed E-state index contributed by atoms with van der Waals surface area (Å²) in [4.78, 5) is 9.58. The maximum atomic E-state index is 12.8. The Kier molecular flexibility index (Phi) is 2.99. The van der Waals surface area contributed by atoms with Gasteiger partial charge in [-0.15, -0.1) is 0 Å². The van der Waals surface area contributed by atoms with Gasteiger partial charge >= 0.3 is 0 Å². The summed E-state index contributed by atoms with van der Waals surface area (Å²) in [6.45, 7) is 0. The van der Waals surface area contributed by atoms with Gasteiger partial charge in [-0.1, -0.05) is 12.1 Å². The topological polar surface area (TPSA) is 52.5 Å². The number of carbonyl (C=O) groups excluding carboxylic acids is 1. The Labute approximate surface area is 71.2 Å². The molecule has 1 aromatic carbocycles. The summed E-state index contributed by atoms with van der Waals surface area (Å²) >= 11 is -1.97. The number of hydrogen-bond acceptors (Lipinski definition) is 3. The van der Waals surface area contributed by atoms with Crippen LogP contribution in [0.3, 0.4) is 0 Å². The van der Waals surface area contributed by atoms with Gasteiger partial charge < -0.3 is 4.55 Å². The van der Waals surface area contributed by atoms with Gasteiger partial charge in [0.2, 0.25) is 4.90 Å². The molecule has 5 heteroatoms. The summed E-state index contributed by atoms with van der Waals surface area (Å²) in [5.41, 5.74) is 0. The molecule has 0 amide bonds. The minimum atomic E-state index is -1.97. The molecule has 0 saturated carbocycles. The second-order valence-electron chi connectivity index (χ2n) is 1.86. The normalized spacial score (nSPS) is 11.8. The van der Waals surface area contributed by atoms with Gasteiger partial charge in [0.05, 0.1) is 0 Å². The van der Waals surface area contributed by atoms with Gasteiger partial charge in [0, 0.05) is 4.40 Å². The van der Waals surface area contributed by atoms with E-state index in [1.807, 2.05) is 0 Å². The predicted molar refractivity (Wildman–Crippen MR) is 40.9 cm³/mol.